The van der Waals surface area contributed by atoms with Gasteiger partial charge in [-0.1, -0.05) is 11.6 Å². The van der Waals surface area contributed by atoms with Crippen molar-refractivity contribution in [1.29, 1.82) is 0 Å². The fourth-order valence-corrected chi connectivity index (χ4v) is 1.91. The molecule has 21 heavy (non-hydrogen) atoms. The van der Waals surface area contributed by atoms with Gasteiger partial charge in [0.05, 0.1) is 10.6 Å². The molecule has 3 aromatic rings. The Morgan fingerprint density at radius 1 is 1.14 bits per heavy atom. The van der Waals surface area contributed by atoms with E-state index >= 15 is 0 Å². The first-order valence-electron chi connectivity index (χ1n) is 5.94. The molecule has 2 N–H and O–H groups in total. The lowest BCUT2D eigenvalue weighted by molar-refractivity contribution is -0.384. The summed E-state index contributed by atoms with van der Waals surface area (Å²) in [5.74, 6) is 0. The van der Waals surface area contributed by atoms with Crippen LogP contribution in [0.15, 0.2) is 46.9 Å². The average Bonchev–Trinajstić information content (AvgIpc) is 2.87. The van der Waals surface area contributed by atoms with E-state index in [0.717, 1.165) is 0 Å². The van der Waals surface area contributed by atoms with Crippen LogP contribution in [0, 0.1) is 10.1 Å². The number of halogens is 1. The normalized spacial score (nSPS) is 10.5. The maximum absolute atomic E-state index is 10.6. The van der Waals surface area contributed by atoms with Crippen molar-refractivity contribution in [2.45, 2.75) is 0 Å². The number of anilines is 2. The van der Waals surface area contributed by atoms with Crippen LogP contribution in [0.2, 0.25) is 5.02 Å². The summed E-state index contributed by atoms with van der Waals surface area (Å²) < 4.78 is 5.46. The summed E-state index contributed by atoms with van der Waals surface area (Å²) in [6, 6.07) is 11.3. The molecule has 0 saturated carbocycles. The van der Waals surface area contributed by atoms with Crippen LogP contribution in [0.5, 0.6) is 0 Å². The second-order valence-electron chi connectivity index (χ2n) is 4.19. The maximum Gasteiger partial charge on any atom is 0.314 e. The van der Waals surface area contributed by atoms with Crippen LogP contribution in [0.25, 0.3) is 11.1 Å². The van der Waals surface area contributed by atoms with Crippen molar-refractivity contribution in [1.82, 2.24) is 4.98 Å². The number of hydrazine groups is 1. The SMILES string of the molecule is O=[N+]([O-])c1ccc(NNc2nc3cc(Cl)ccc3o2)cc1. The Morgan fingerprint density at radius 3 is 2.62 bits per heavy atom. The predicted molar refractivity (Wildman–Crippen MR) is 79.4 cm³/mol. The Hall–Kier alpha value is -2.80. The van der Waals surface area contributed by atoms with E-state index in [4.69, 9.17) is 16.0 Å². The van der Waals surface area contributed by atoms with E-state index in [1.54, 1.807) is 30.3 Å². The number of hydrogen-bond acceptors (Lipinski definition) is 6. The zero-order valence-electron chi connectivity index (χ0n) is 10.5. The molecule has 8 heteroatoms. The molecule has 1 heterocycles. The van der Waals surface area contributed by atoms with E-state index in [1.165, 1.54) is 12.1 Å². The molecule has 0 saturated heterocycles. The number of nitrogens with one attached hydrogen (secondary N) is 2. The van der Waals surface area contributed by atoms with E-state index in [-0.39, 0.29) is 11.7 Å². The molecule has 106 valence electrons. The van der Waals surface area contributed by atoms with Crippen LogP contribution < -0.4 is 10.9 Å². The molecule has 7 nitrogen and oxygen atoms in total. The van der Waals surface area contributed by atoms with Crippen molar-refractivity contribution in [3.8, 4) is 0 Å². The van der Waals surface area contributed by atoms with E-state index < -0.39 is 4.92 Å². The zero-order chi connectivity index (χ0) is 14.8. The van der Waals surface area contributed by atoms with E-state index in [9.17, 15) is 10.1 Å². The lowest BCUT2D eigenvalue weighted by Gasteiger charge is -2.04. The molecule has 0 atom stereocenters. The summed E-state index contributed by atoms with van der Waals surface area (Å²) >= 11 is 5.87. The van der Waals surface area contributed by atoms with Crippen molar-refractivity contribution in [2.24, 2.45) is 0 Å². The van der Waals surface area contributed by atoms with Gasteiger partial charge in [0.2, 0.25) is 0 Å². The van der Waals surface area contributed by atoms with Crippen LogP contribution >= 0.6 is 11.6 Å². The molecule has 0 aliphatic rings. The molecule has 0 spiro atoms. The molecular weight excluding hydrogens is 296 g/mol. The Kier molecular flexibility index (Phi) is 3.33. The quantitative estimate of drug-likeness (QED) is 0.562. The summed E-state index contributed by atoms with van der Waals surface area (Å²) in [5, 5.41) is 11.1. The summed E-state index contributed by atoms with van der Waals surface area (Å²) in [6.45, 7) is 0. The maximum atomic E-state index is 10.6. The number of fused-ring (bicyclic) bond motifs is 1. The second-order valence-corrected chi connectivity index (χ2v) is 4.62. The molecule has 0 aliphatic heterocycles. The second kappa shape index (κ2) is 5.29. The van der Waals surface area contributed by atoms with Gasteiger partial charge in [0.15, 0.2) is 5.58 Å². The molecule has 0 unspecified atom stereocenters. The number of nitro benzene ring substituents is 1. The van der Waals surface area contributed by atoms with Gasteiger partial charge in [0.25, 0.3) is 5.69 Å². The summed E-state index contributed by atoms with van der Waals surface area (Å²) in [6.07, 6.45) is 0. The van der Waals surface area contributed by atoms with Crippen LogP contribution in [0.3, 0.4) is 0 Å². The van der Waals surface area contributed by atoms with E-state index in [1.807, 2.05) is 0 Å². The Bertz CT molecular complexity index is 801. The van der Waals surface area contributed by atoms with Gasteiger partial charge in [-0.25, -0.2) is 0 Å². The van der Waals surface area contributed by atoms with E-state index in [2.05, 4.69) is 15.8 Å². The highest BCUT2D eigenvalue weighted by Gasteiger charge is 2.07. The molecule has 0 radical (unpaired) electrons. The van der Waals surface area contributed by atoms with Gasteiger partial charge in [0.1, 0.15) is 5.52 Å². The minimum Gasteiger partial charge on any atom is -0.422 e. The lowest BCUT2D eigenvalue weighted by Crippen LogP contribution is -2.08. The monoisotopic (exact) mass is 304 g/mol. The highest BCUT2D eigenvalue weighted by Crippen LogP contribution is 2.22. The third-order valence-electron chi connectivity index (χ3n) is 2.74. The number of non-ortho nitro benzene ring substituents is 1. The first-order chi connectivity index (χ1) is 10.1. The number of hydrogen-bond donors (Lipinski definition) is 2. The minimum absolute atomic E-state index is 0.0250. The van der Waals surface area contributed by atoms with E-state index in [0.29, 0.717) is 21.8 Å². The minimum atomic E-state index is -0.457. The summed E-state index contributed by atoms with van der Waals surface area (Å²) in [4.78, 5) is 14.3. The first-order valence-corrected chi connectivity index (χ1v) is 6.32. The van der Waals surface area contributed by atoms with Gasteiger partial charge < -0.3 is 4.42 Å². The molecule has 2 aromatic carbocycles. The molecule has 0 bridgehead atoms. The number of aromatic nitrogens is 1. The van der Waals surface area contributed by atoms with Crippen LogP contribution in [0.1, 0.15) is 0 Å². The number of nitro groups is 1. The fourth-order valence-electron chi connectivity index (χ4n) is 1.75. The highest BCUT2D eigenvalue weighted by atomic mass is 35.5. The Balaban J connectivity index is 1.72. The molecule has 1 aromatic heterocycles. The van der Waals surface area contributed by atoms with Crippen molar-refractivity contribution in [2.75, 3.05) is 10.9 Å². The molecule has 3 rings (SSSR count). The van der Waals surface area contributed by atoms with Crippen molar-refractivity contribution in [3.63, 3.8) is 0 Å². The Labute approximate surface area is 123 Å². The van der Waals surface area contributed by atoms with Crippen LogP contribution in [0.4, 0.5) is 17.4 Å². The molecule has 0 amide bonds. The average molecular weight is 305 g/mol. The Morgan fingerprint density at radius 2 is 1.90 bits per heavy atom. The van der Waals surface area contributed by atoms with Crippen molar-refractivity contribution >= 4 is 40.1 Å². The lowest BCUT2D eigenvalue weighted by atomic mass is 10.3. The number of rotatable bonds is 4. The molecular formula is C13H9ClN4O3. The van der Waals surface area contributed by atoms with Gasteiger partial charge in [-0.05, 0) is 30.3 Å². The first kappa shape index (κ1) is 13.2. The summed E-state index contributed by atoms with van der Waals surface area (Å²) in [7, 11) is 0. The fraction of sp³-hybridized carbons (Fsp3) is 0. The van der Waals surface area contributed by atoms with Gasteiger partial charge in [-0.3, -0.25) is 21.0 Å². The topological polar surface area (TPSA) is 93.2 Å². The third-order valence-corrected chi connectivity index (χ3v) is 2.98. The molecule has 0 fully saturated rings. The standard InChI is InChI=1S/C13H9ClN4O3/c14-8-1-6-12-11(7-8)15-13(21-12)17-16-9-2-4-10(5-3-9)18(19)20/h1-7,16H,(H,15,17). The number of oxazole rings is 1. The van der Waals surface area contributed by atoms with Gasteiger partial charge >= 0.3 is 6.01 Å². The van der Waals surface area contributed by atoms with Crippen molar-refractivity contribution in [3.05, 3.63) is 57.6 Å². The number of benzene rings is 2. The van der Waals surface area contributed by atoms with Gasteiger partial charge in [0, 0.05) is 17.2 Å². The molecule has 0 aliphatic carbocycles. The predicted octanol–water partition coefficient (Wildman–Crippen LogP) is 3.83. The van der Waals surface area contributed by atoms with Crippen molar-refractivity contribution < 1.29 is 9.34 Å². The largest absolute Gasteiger partial charge is 0.422 e. The van der Waals surface area contributed by atoms with Gasteiger partial charge in [-0.2, -0.15) is 4.98 Å². The third kappa shape index (κ3) is 2.87. The number of nitrogens with zero attached hydrogens (tertiary/aromatic N) is 2. The van der Waals surface area contributed by atoms with Crippen LogP contribution in [-0.2, 0) is 0 Å². The highest BCUT2D eigenvalue weighted by molar-refractivity contribution is 6.31. The smallest absolute Gasteiger partial charge is 0.314 e. The van der Waals surface area contributed by atoms with Gasteiger partial charge in [-0.15, -0.1) is 0 Å². The van der Waals surface area contributed by atoms with Crippen LogP contribution in [-0.4, -0.2) is 9.91 Å². The summed E-state index contributed by atoms with van der Waals surface area (Å²) in [5.41, 5.74) is 7.52. The zero-order valence-corrected chi connectivity index (χ0v) is 11.3.